The van der Waals surface area contributed by atoms with Crippen LogP contribution in [0.2, 0.25) is 0 Å². The number of likely N-dealkylation sites (N-methyl/N-ethyl adjacent to an activating group) is 1. The van der Waals surface area contributed by atoms with E-state index in [0.717, 1.165) is 18.1 Å². The minimum absolute atomic E-state index is 0.283. The van der Waals surface area contributed by atoms with Crippen molar-refractivity contribution >= 4 is 10.8 Å². The van der Waals surface area contributed by atoms with Gasteiger partial charge in [0, 0.05) is 12.1 Å². The fraction of sp³-hybridized carbons (Fsp3) is 0.429. The Morgan fingerprint density at radius 2 is 1.92 bits per heavy atom. The molecule has 2 bridgehead atoms. The summed E-state index contributed by atoms with van der Waals surface area (Å²) < 4.78 is 5.65. The quantitative estimate of drug-likeness (QED) is 0.702. The number of hydrogen-bond donors (Lipinski definition) is 0. The second kappa shape index (κ2) is 5.67. The molecule has 0 saturated carbocycles. The van der Waals surface area contributed by atoms with E-state index in [1.165, 1.54) is 29.2 Å². The Hall–Kier alpha value is -2.20. The molecule has 0 unspecified atom stereocenters. The topological polar surface area (TPSA) is 42.2 Å². The molecular weight excluding hydrogens is 310 g/mol. The molecule has 2 aliphatic rings. The molecule has 25 heavy (non-hydrogen) atoms. The fourth-order valence-electron chi connectivity index (χ4n) is 5.03. The van der Waals surface area contributed by atoms with Gasteiger partial charge in [-0.2, -0.15) is 4.98 Å². The summed E-state index contributed by atoms with van der Waals surface area (Å²) in [4.78, 5) is 7.16. The lowest BCUT2D eigenvalue weighted by atomic mass is 9.75. The predicted molar refractivity (Wildman–Crippen MR) is 97.7 cm³/mol. The summed E-state index contributed by atoms with van der Waals surface area (Å²) in [6, 6.07) is 16.7. The fourth-order valence-corrected chi connectivity index (χ4v) is 5.03. The van der Waals surface area contributed by atoms with Crippen molar-refractivity contribution in [2.24, 2.45) is 0 Å². The maximum absolute atomic E-state index is 5.65. The van der Waals surface area contributed by atoms with Crippen LogP contribution in [0.3, 0.4) is 0 Å². The van der Waals surface area contributed by atoms with Crippen LogP contribution in [0.25, 0.3) is 10.8 Å². The van der Waals surface area contributed by atoms with Crippen LogP contribution in [0, 0.1) is 6.92 Å². The molecular formula is C21H23N3O. The van der Waals surface area contributed by atoms with Crippen LogP contribution in [0.5, 0.6) is 0 Å². The van der Waals surface area contributed by atoms with Crippen molar-refractivity contribution in [1.29, 1.82) is 0 Å². The molecule has 3 heterocycles. The van der Waals surface area contributed by atoms with Gasteiger partial charge in [0.05, 0.1) is 5.92 Å². The Morgan fingerprint density at radius 1 is 1.08 bits per heavy atom. The molecule has 3 aromatic rings. The first-order valence-electron chi connectivity index (χ1n) is 9.21. The number of rotatable bonds is 2. The van der Waals surface area contributed by atoms with Crippen LogP contribution in [0.4, 0.5) is 0 Å². The molecule has 5 rings (SSSR count). The number of aryl methyl sites for hydroxylation is 1. The van der Waals surface area contributed by atoms with Gasteiger partial charge in [0.25, 0.3) is 0 Å². The summed E-state index contributed by atoms with van der Waals surface area (Å²) in [5.41, 5.74) is 1.41. The van der Waals surface area contributed by atoms with Gasteiger partial charge in [-0.3, -0.25) is 4.90 Å². The third kappa shape index (κ3) is 2.39. The predicted octanol–water partition coefficient (Wildman–Crippen LogP) is 4.27. The van der Waals surface area contributed by atoms with E-state index in [2.05, 4.69) is 64.6 Å². The van der Waals surface area contributed by atoms with Crippen molar-refractivity contribution in [2.45, 2.75) is 50.1 Å². The molecule has 2 fully saturated rings. The Bertz CT molecular complexity index is 918. The van der Waals surface area contributed by atoms with E-state index >= 15 is 0 Å². The number of nitrogens with zero attached hydrogens (tertiary/aromatic N) is 3. The van der Waals surface area contributed by atoms with Gasteiger partial charge in [0.1, 0.15) is 0 Å². The third-order valence-corrected chi connectivity index (χ3v) is 6.30. The van der Waals surface area contributed by atoms with Crippen LogP contribution >= 0.6 is 0 Å². The molecule has 2 aromatic carbocycles. The van der Waals surface area contributed by atoms with Gasteiger partial charge in [-0.1, -0.05) is 47.6 Å². The SMILES string of the molecule is Cc1noc([C@@H]2[C@@H](c3ccc4ccccc4c3)C[C@@H]3CC[C@H]2N3C)n1. The minimum Gasteiger partial charge on any atom is -0.339 e. The third-order valence-electron chi connectivity index (χ3n) is 6.30. The summed E-state index contributed by atoms with van der Waals surface area (Å²) in [7, 11) is 2.26. The maximum atomic E-state index is 5.65. The lowest BCUT2D eigenvalue weighted by Crippen LogP contribution is -2.44. The summed E-state index contributed by atoms with van der Waals surface area (Å²) in [5.74, 6) is 2.27. The van der Waals surface area contributed by atoms with Crippen molar-refractivity contribution in [1.82, 2.24) is 15.0 Å². The zero-order valence-electron chi connectivity index (χ0n) is 14.7. The average Bonchev–Trinajstić information content (AvgIpc) is 3.15. The molecule has 4 atom stereocenters. The van der Waals surface area contributed by atoms with E-state index in [9.17, 15) is 0 Å². The van der Waals surface area contributed by atoms with Gasteiger partial charge >= 0.3 is 0 Å². The molecule has 0 radical (unpaired) electrons. The number of fused-ring (bicyclic) bond motifs is 3. The number of hydrogen-bond acceptors (Lipinski definition) is 4. The maximum Gasteiger partial charge on any atom is 0.231 e. The molecule has 0 spiro atoms. The van der Waals surface area contributed by atoms with Crippen molar-refractivity contribution in [3.05, 3.63) is 59.7 Å². The zero-order valence-corrected chi connectivity index (χ0v) is 14.7. The summed E-state index contributed by atoms with van der Waals surface area (Å²) in [5, 5.41) is 6.68. The van der Waals surface area contributed by atoms with Crippen LogP contribution in [-0.2, 0) is 0 Å². The van der Waals surface area contributed by atoms with E-state index in [0.29, 0.717) is 18.0 Å². The second-order valence-electron chi connectivity index (χ2n) is 7.62. The number of benzene rings is 2. The van der Waals surface area contributed by atoms with Crippen molar-refractivity contribution in [3.8, 4) is 0 Å². The van der Waals surface area contributed by atoms with E-state index in [1.54, 1.807) is 0 Å². The van der Waals surface area contributed by atoms with Crippen LogP contribution in [0.1, 0.15) is 48.4 Å². The Kier molecular flexibility index (Phi) is 3.42. The highest BCUT2D eigenvalue weighted by Gasteiger charge is 2.48. The molecule has 2 saturated heterocycles. The lowest BCUT2D eigenvalue weighted by Gasteiger charge is -2.41. The monoisotopic (exact) mass is 333 g/mol. The molecule has 0 N–H and O–H groups in total. The van der Waals surface area contributed by atoms with E-state index in [4.69, 9.17) is 4.52 Å². The highest BCUT2D eigenvalue weighted by atomic mass is 16.5. The van der Waals surface area contributed by atoms with Crippen LogP contribution in [-0.4, -0.2) is 34.2 Å². The average molecular weight is 333 g/mol. The molecule has 0 amide bonds. The first-order valence-corrected chi connectivity index (χ1v) is 9.21. The Balaban J connectivity index is 1.61. The van der Waals surface area contributed by atoms with Crippen molar-refractivity contribution in [2.75, 3.05) is 7.05 Å². The van der Waals surface area contributed by atoms with Gasteiger partial charge in [-0.15, -0.1) is 0 Å². The molecule has 1 aromatic heterocycles. The molecule has 4 nitrogen and oxygen atoms in total. The van der Waals surface area contributed by atoms with Crippen LogP contribution in [0.15, 0.2) is 47.0 Å². The van der Waals surface area contributed by atoms with Gasteiger partial charge in [0.15, 0.2) is 5.82 Å². The normalized spacial score (nSPS) is 29.4. The molecule has 2 aliphatic heterocycles. The first-order chi connectivity index (χ1) is 12.2. The summed E-state index contributed by atoms with van der Waals surface area (Å²) in [6.07, 6.45) is 3.66. The van der Waals surface area contributed by atoms with Gasteiger partial charge in [-0.25, -0.2) is 0 Å². The lowest BCUT2D eigenvalue weighted by molar-refractivity contribution is 0.120. The Labute approximate surface area is 147 Å². The van der Waals surface area contributed by atoms with E-state index < -0.39 is 0 Å². The summed E-state index contributed by atoms with van der Waals surface area (Å²) in [6.45, 7) is 1.90. The smallest absolute Gasteiger partial charge is 0.231 e. The molecule has 4 heteroatoms. The highest BCUT2D eigenvalue weighted by Crippen LogP contribution is 2.50. The van der Waals surface area contributed by atoms with Crippen LogP contribution < -0.4 is 0 Å². The van der Waals surface area contributed by atoms with E-state index in [-0.39, 0.29) is 5.92 Å². The second-order valence-corrected chi connectivity index (χ2v) is 7.62. The van der Waals surface area contributed by atoms with Crippen molar-refractivity contribution in [3.63, 3.8) is 0 Å². The van der Waals surface area contributed by atoms with Gasteiger partial charge < -0.3 is 4.52 Å². The summed E-state index contributed by atoms with van der Waals surface area (Å²) >= 11 is 0. The Morgan fingerprint density at radius 3 is 2.72 bits per heavy atom. The highest BCUT2D eigenvalue weighted by molar-refractivity contribution is 5.83. The molecule has 0 aliphatic carbocycles. The number of piperidine rings is 1. The standard InChI is InChI=1S/C21H23N3O/c1-13-22-21(25-23-13)20-18(12-17-9-10-19(20)24(17)2)16-8-7-14-5-3-4-6-15(14)11-16/h3-8,11,17-20H,9-10,12H2,1-2H3/t17-,18+,19+,20+/m0/s1. The van der Waals surface area contributed by atoms with Gasteiger partial charge in [0.2, 0.25) is 5.89 Å². The minimum atomic E-state index is 0.283. The first kappa shape index (κ1) is 15.1. The largest absolute Gasteiger partial charge is 0.339 e. The van der Waals surface area contributed by atoms with Crippen molar-refractivity contribution < 1.29 is 4.52 Å². The van der Waals surface area contributed by atoms with E-state index in [1.807, 2.05) is 6.92 Å². The zero-order chi connectivity index (χ0) is 17.0. The van der Waals surface area contributed by atoms with Gasteiger partial charge in [-0.05, 0) is 55.5 Å². The number of aromatic nitrogens is 2. The molecule has 128 valence electrons.